The number of rotatable bonds is 5. The van der Waals surface area contributed by atoms with Crippen LogP contribution < -0.4 is 4.90 Å². The maximum atomic E-state index is 13.6. The van der Waals surface area contributed by atoms with Gasteiger partial charge in [-0.2, -0.15) is 0 Å². The molecule has 0 spiro atoms. The number of nitrogens with zero attached hydrogens (tertiary/aromatic N) is 1. The lowest BCUT2D eigenvalue weighted by Crippen LogP contribution is -2.41. The first-order chi connectivity index (χ1) is 15.5. The van der Waals surface area contributed by atoms with Crippen molar-refractivity contribution in [3.8, 4) is 0 Å². The maximum absolute atomic E-state index is 13.6. The maximum Gasteiger partial charge on any atom is 0.264 e. The zero-order chi connectivity index (χ0) is 22.3. The molecule has 0 aromatic heterocycles. The van der Waals surface area contributed by atoms with Crippen molar-refractivity contribution in [1.29, 1.82) is 0 Å². The first-order valence-electron chi connectivity index (χ1n) is 10.4. The number of carbonyl (C=O) groups excluding carboxylic acids is 2. The van der Waals surface area contributed by atoms with Crippen LogP contribution in [0.3, 0.4) is 0 Å². The number of aliphatic hydroxyl groups is 1. The van der Waals surface area contributed by atoms with Crippen LogP contribution >= 0.6 is 11.6 Å². The van der Waals surface area contributed by atoms with Gasteiger partial charge in [0.25, 0.3) is 5.91 Å². The second-order valence-corrected chi connectivity index (χ2v) is 8.39. The molecule has 1 amide bonds. The van der Waals surface area contributed by atoms with E-state index in [1.165, 1.54) is 0 Å². The lowest BCUT2D eigenvalue weighted by Gasteiger charge is -2.23. The predicted octanol–water partition coefficient (Wildman–Crippen LogP) is 5.50. The number of halogens is 1. The topological polar surface area (TPSA) is 57.6 Å². The van der Waals surface area contributed by atoms with Crippen molar-refractivity contribution in [2.75, 3.05) is 4.90 Å². The second kappa shape index (κ2) is 7.90. The molecule has 0 aliphatic carbocycles. The molecule has 0 saturated heterocycles. The Kier molecular flexibility index (Phi) is 5.04. The van der Waals surface area contributed by atoms with Crippen molar-refractivity contribution in [3.05, 3.63) is 113 Å². The molecule has 4 aromatic carbocycles. The molecular formula is C27H20ClNO3. The normalized spacial score (nSPS) is 17.6. The van der Waals surface area contributed by atoms with Gasteiger partial charge in [0.05, 0.1) is 23.7 Å². The Hall–Kier alpha value is -3.47. The molecule has 0 bridgehead atoms. The summed E-state index contributed by atoms with van der Waals surface area (Å²) in [5.41, 5.74) is 0.357. The van der Waals surface area contributed by atoms with E-state index < -0.39 is 11.5 Å². The van der Waals surface area contributed by atoms with Gasteiger partial charge in [0.15, 0.2) is 11.4 Å². The number of Topliss-reactive ketones (excluding diaryl/α,β-unsaturated/α-hetero) is 1. The molecule has 5 heteroatoms. The Morgan fingerprint density at radius 1 is 0.875 bits per heavy atom. The molecule has 1 N–H and O–H groups in total. The summed E-state index contributed by atoms with van der Waals surface area (Å²) in [5, 5.41) is 14.0. The van der Waals surface area contributed by atoms with Crippen molar-refractivity contribution in [2.45, 2.75) is 18.6 Å². The van der Waals surface area contributed by atoms with Gasteiger partial charge in [-0.05, 0) is 34.5 Å². The van der Waals surface area contributed by atoms with Crippen molar-refractivity contribution >= 4 is 39.8 Å². The molecule has 0 saturated carbocycles. The van der Waals surface area contributed by atoms with Gasteiger partial charge in [0.1, 0.15) is 0 Å². The van der Waals surface area contributed by atoms with Crippen LogP contribution in [0.4, 0.5) is 5.69 Å². The fourth-order valence-electron chi connectivity index (χ4n) is 4.45. The van der Waals surface area contributed by atoms with Gasteiger partial charge in [-0.25, -0.2) is 0 Å². The quantitative estimate of drug-likeness (QED) is 0.416. The summed E-state index contributed by atoms with van der Waals surface area (Å²) < 4.78 is 0. The minimum absolute atomic E-state index is 0.291. The van der Waals surface area contributed by atoms with E-state index in [2.05, 4.69) is 0 Å². The summed E-state index contributed by atoms with van der Waals surface area (Å²) in [6.45, 7) is 0.291. The number of amides is 1. The largest absolute Gasteiger partial charge is 0.375 e. The van der Waals surface area contributed by atoms with Gasteiger partial charge >= 0.3 is 0 Å². The van der Waals surface area contributed by atoms with Crippen molar-refractivity contribution < 1.29 is 14.7 Å². The van der Waals surface area contributed by atoms with Crippen LogP contribution in [0.2, 0.25) is 5.02 Å². The number of fused-ring (bicyclic) bond motifs is 2. The molecule has 4 aromatic rings. The Bertz CT molecular complexity index is 1360. The second-order valence-electron chi connectivity index (χ2n) is 7.99. The number of benzene rings is 4. The van der Waals surface area contributed by atoms with Crippen LogP contribution in [-0.2, 0) is 16.9 Å². The van der Waals surface area contributed by atoms with Gasteiger partial charge in [0, 0.05) is 11.1 Å². The van der Waals surface area contributed by atoms with Crippen molar-refractivity contribution in [3.63, 3.8) is 0 Å². The predicted molar refractivity (Wildman–Crippen MR) is 126 cm³/mol. The Morgan fingerprint density at radius 3 is 2.41 bits per heavy atom. The molecule has 1 aliphatic rings. The van der Waals surface area contributed by atoms with E-state index in [1.54, 1.807) is 47.4 Å². The monoisotopic (exact) mass is 441 g/mol. The van der Waals surface area contributed by atoms with E-state index in [-0.39, 0.29) is 12.2 Å². The molecule has 0 fully saturated rings. The minimum Gasteiger partial charge on any atom is -0.375 e. The number of anilines is 1. The third-order valence-corrected chi connectivity index (χ3v) is 6.37. The fourth-order valence-corrected chi connectivity index (χ4v) is 4.69. The summed E-state index contributed by atoms with van der Waals surface area (Å²) >= 11 is 6.18. The summed E-state index contributed by atoms with van der Waals surface area (Å²) in [6.07, 6.45) is -0.376. The Labute approximate surface area is 190 Å². The average Bonchev–Trinajstić information content (AvgIpc) is 3.01. The molecule has 1 heterocycles. The smallest absolute Gasteiger partial charge is 0.264 e. The van der Waals surface area contributed by atoms with Gasteiger partial charge in [-0.15, -0.1) is 0 Å². The highest BCUT2D eigenvalue weighted by Gasteiger charge is 2.50. The van der Waals surface area contributed by atoms with Crippen LogP contribution in [0.15, 0.2) is 91.0 Å². The molecule has 158 valence electrons. The van der Waals surface area contributed by atoms with E-state index in [1.807, 2.05) is 48.5 Å². The molecule has 0 unspecified atom stereocenters. The zero-order valence-corrected chi connectivity index (χ0v) is 17.9. The highest BCUT2D eigenvalue weighted by atomic mass is 35.5. The molecule has 32 heavy (non-hydrogen) atoms. The number of carbonyl (C=O) groups is 2. The molecule has 1 atom stereocenters. The van der Waals surface area contributed by atoms with Crippen LogP contribution in [0.25, 0.3) is 10.8 Å². The standard InChI is InChI=1S/C27H20ClNO3/c28-23-14-5-3-12-21(23)25(30)16-27(32)22-13-4-6-15-24(22)29(26(27)31)17-19-10-7-9-18-8-1-2-11-20(18)19/h1-15,32H,16-17H2/t27-/m0/s1. The van der Waals surface area contributed by atoms with Crippen LogP contribution in [-0.4, -0.2) is 16.8 Å². The number of para-hydroxylation sites is 1. The molecule has 5 rings (SSSR count). The van der Waals surface area contributed by atoms with E-state index in [0.717, 1.165) is 16.3 Å². The van der Waals surface area contributed by atoms with Crippen molar-refractivity contribution in [1.82, 2.24) is 0 Å². The summed E-state index contributed by atoms with van der Waals surface area (Å²) in [4.78, 5) is 28.1. The van der Waals surface area contributed by atoms with Gasteiger partial charge in [-0.1, -0.05) is 84.4 Å². The average molecular weight is 442 g/mol. The van der Waals surface area contributed by atoms with E-state index >= 15 is 0 Å². The highest BCUT2D eigenvalue weighted by molar-refractivity contribution is 6.34. The Morgan fingerprint density at radius 2 is 1.56 bits per heavy atom. The first-order valence-corrected chi connectivity index (χ1v) is 10.7. The van der Waals surface area contributed by atoms with Crippen LogP contribution in [0.5, 0.6) is 0 Å². The number of hydrogen-bond acceptors (Lipinski definition) is 3. The lowest BCUT2D eigenvalue weighted by atomic mass is 9.88. The molecule has 1 aliphatic heterocycles. The number of ketones is 1. The van der Waals surface area contributed by atoms with Gasteiger partial charge in [0.2, 0.25) is 0 Å². The SMILES string of the molecule is O=C(C[C@@]1(O)C(=O)N(Cc2cccc3ccccc23)c2ccccc21)c1ccccc1Cl. The third kappa shape index (κ3) is 3.29. The summed E-state index contributed by atoms with van der Waals surface area (Å²) in [7, 11) is 0. The molecule has 0 radical (unpaired) electrons. The summed E-state index contributed by atoms with van der Waals surface area (Å²) in [6, 6.07) is 27.7. The summed E-state index contributed by atoms with van der Waals surface area (Å²) in [5.74, 6) is -0.889. The number of hydrogen-bond donors (Lipinski definition) is 1. The molecule has 4 nitrogen and oxygen atoms in total. The third-order valence-electron chi connectivity index (χ3n) is 6.04. The molecular weight excluding hydrogens is 422 g/mol. The van der Waals surface area contributed by atoms with E-state index in [4.69, 9.17) is 11.6 Å². The van der Waals surface area contributed by atoms with Gasteiger partial charge < -0.3 is 10.0 Å². The van der Waals surface area contributed by atoms with Gasteiger partial charge in [-0.3, -0.25) is 9.59 Å². The van der Waals surface area contributed by atoms with E-state index in [0.29, 0.717) is 28.4 Å². The van der Waals surface area contributed by atoms with Crippen LogP contribution in [0, 0.1) is 0 Å². The highest BCUT2D eigenvalue weighted by Crippen LogP contribution is 2.44. The minimum atomic E-state index is -1.95. The van der Waals surface area contributed by atoms with E-state index in [9.17, 15) is 14.7 Å². The fraction of sp³-hybridized carbons (Fsp3) is 0.111. The lowest BCUT2D eigenvalue weighted by molar-refractivity contribution is -0.136. The zero-order valence-electron chi connectivity index (χ0n) is 17.2. The van der Waals surface area contributed by atoms with Crippen molar-refractivity contribution in [2.24, 2.45) is 0 Å². The first kappa shape index (κ1) is 20.4. The van der Waals surface area contributed by atoms with Crippen LogP contribution in [0.1, 0.15) is 27.9 Å². The Balaban J connectivity index is 1.53.